The standard InChI is InChI=1S/C20H24N4O2.C2HF3O2/c1-25-17-7-3-15(4-8-17)19(21)22-11-13-24-14-12-23-20(24)16-5-9-18(26-2)10-6-16;3-2(4,5)1(6)7/h3-10H,11-14H2,1-2H3,(H2,21,22);(H,6,7). The van der Waals surface area contributed by atoms with E-state index in [9.17, 15) is 13.2 Å². The summed E-state index contributed by atoms with van der Waals surface area (Å²) in [5.74, 6) is 0.433. The first-order chi connectivity index (χ1) is 15.7. The zero-order chi connectivity index (χ0) is 24.4. The number of carbonyl (C=O) groups is 1. The highest BCUT2D eigenvalue weighted by atomic mass is 19.4. The van der Waals surface area contributed by atoms with Gasteiger partial charge in [-0.15, -0.1) is 0 Å². The number of aliphatic carboxylic acids is 1. The van der Waals surface area contributed by atoms with Crippen LogP contribution >= 0.6 is 0 Å². The molecule has 0 radical (unpaired) electrons. The van der Waals surface area contributed by atoms with Crippen LogP contribution in [0.3, 0.4) is 0 Å². The molecule has 0 spiro atoms. The van der Waals surface area contributed by atoms with Gasteiger partial charge in [-0.1, -0.05) is 0 Å². The monoisotopic (exact) mass is 466 g/mol. The number of hydrogen-bond donors (Lipinski definition) is 2. The van der Waals surface area contributed by atoms with Crippen LogP contribution in [0.2, 0.25) is 0 Å². The number of alkyl halides is 3. The molecule has 3 N–H and O–H groups in total. The molecule has 33 heavy (non-hydrogen) atoms. The Kier molecular flexibility index (Phi) is 9.08. The normalized spacial score (nSPS) is 13.7. The van der Waals surface area contributed by atoms with Gasteiger partial charge in [0.1, 0.15) is 23.2 Å². The molecule has 0 atom stereocenters. The second-order valence-electron chi connectivity index (χ2n) is 6.72. The zero-order valence-corrected chi connectivity index (χ0v) is 18.2. The molecule has 2 aromatic carbocycles. The van der Waals surface area contributed by atoms with Gasteiger partial charge in [-0.2, -0.15) is 13.2 Å². The summed E-state index contributed by atoms with van der Waals surface area (Å²) >= 11 is 0. The fourth-order valence-corrected chi connectivity index (χ4v) is 2.86. The van der Waals surface area contributed by atoms with Crippen LogP contribution in [-0.4, -0.2) is 74.2 Å². The van der Waals surface area contributed by atoms with Crippen LogP contribution < -0.4 is 15.2 Å². The minimum atomic E-state index is -5.08. The van der Waals surface area contributed by atoms with Crippen LogP contribution in [-0.2, 0) is 4.79 Å². The van der Waals surface area contributed by atoms with E-state index >= 15 is 0 Å². The van der Waals surface area contributed by atoms with Crippen LogP contribution in [0.5, 0.6) is 11.5 Å². The molecule has 8 nitrogen and oxygen atoms in total. The molecule has 0 saturated carbocycles. The van der Waals surface area contributed by atoms with Gasteiger partial charge >= 0.3 is 12.1 Å². The second kappa shape index (κ2) is 11.7. The summed E-state index contributed by atoms with van der Waals surface area (Å²) in [7, 11) is 3.31. The van der Waals surface area contributed by atoms with Crippen molar-refractivity contribution in [2.24, 2.45) is 15.7 Å². The highest BCUT2D eigenvalue weighted by Gasteiger charge is 2.38. The van der Waals surface area contributed by atoms with E-state index in [-0.39, 0.29) is 0 Å². The maximum Gasteiger partial charge on any atom is 0.490 e. The van der Waals surface area contributed by atoms with Crippen LogP contribution in [0.25, 0.3) is 0 Å². The molecular formula is C22H25F3N4O4. The number of methoxy groups -OCH3 is 2. The molecule has 1 heterocycles. The largest absolute Gasteiger partial charge is 0.497 e. The lowest BCUT2D eigenvalue weighted by molar-refractivity contribution is -0.192. The lowest BCUT2D eigenvalue weighted by atomic mass is 10.2. The number of carboxylic acids is 1. The molecular weight excluding hydrogens is 441 g/mol. The molecule has 0 saturated heterocycles. The van der Waals surface area contributed by atoms with E-state index < -0.39 is 12.1 Å². The van der Waals surface area contributed by atoms with E-state index in [2.05, 4.69) is 14.9 Å². The molecule has 1 aliphatic rings. The summed E-state index contributed by atoms with van der Waals surface area (Å²) in [6.07, 6.45) is -5.08. The van der Waals surface area contributed by atoms with Crippen molar-refractivity contribution in [3.63, 3.8) is 0 Å². The van der Waals surface area contributed by atoms with Gasteiger partial charge in [-0.25, -0.2) is 4.79 Å². The van der Waals surface area contributed by atoms with Crippen molar-refractivity contribution in [3.8, 4) is 11.5 Å². The van der Waals surface area contributed by atoms with Crippen molar-refractivity contribution in [2.45, 2.75) is 6.18 Å². The van der Waals surface area contributed by atoms with E-state index in [1.165, 1.54) is 0 Å². The third kappa shape index (κ3) is 7.70. The van der Waals surface area contributed by atoms with Crippen LogP contribution in [0.4, 0.5) is 13.2 Å². The topological polar surface area (TPSA) is 110 Å². The molecule has 178 valence electrons. The fraction of sp³-hybridized carbons (Fsp3) is 0.318. The summed E-state index contributed by atoms with van der Waals surface area (Å²) in [5, 5.41) is 7.12. The number of aliphatic imine (C=N–C) groups is 2. The SMILES string of the molecule is COc1ccc(C(N)=NCCN2CCN=C2c2ccc(OC)cc2)cc1.O=C(O)C(F)(F)F. The first-order valence-electron chi connectivity index (χ1n) is 9.84. The third-order valence-electron chi connectivity index (χ3n) is 4.56. The number of nitrogens with zero attached hydrogens (tertiary/aromatic N) is 3. The van der Waals surface area contributed by atoms with Gasteiger partial charge in [0.25, 0.3) is 0 Å². The Morgan fingerprint density at radius 3 is 2.09 bits per heavy atom. The van der Waals surface area contributed by atoms with Crippen molar-refractivity contribution in [2.75, 3.05) is 40.4 Å². The van der Waals surface area contributed by atoms with Crippen molar-refractivity contribution in [1.82, 2.24) is 4.90 Å². The summed E-state index contributed by atoms with van der Waals surface area (Å²) in [6.45, 7) is 3.10. The molecule has 0 fully saturated rings. The Balaban J connectivity index is 0.000000479. The van der Waals surface area contributed by atoms with Crippen molar-refractivity contribution in [1.29, 1.82) is 0 Å². The minimum absolute atomic E-state index is 0.537. The number of nitrogens with two attached hydrogens (primary N) is 1. The van der Waals surface area contributed by atoms with Crippen molar-refractivity contribution < 1.29 is 32.5 Å². The lowest BCUT2D eigenvalue weighted by Crippen LogP contribution is -2.31. The predicted octanol–water partition coefficient (Wildman–Crippen LogP) is 2.80. The first-order valence-corrected chi connectivity index (χ1v) is 9.84. The Morgan fingerprint density at radius 2 is 1.61 bits per heavy atom. The van der Waals surface area contributed by atoms with E-state index in [0.29, 0.717) is 12.4 Å². The highest BCUT2D eigenvalue weighted by molar-refractivity contribution is 6.00. The summed E-state index contributed by atoms with van der Waals surface area (Å²) in [5.41, 5.74) is 8.09. The summed E-state index contributed by atoms with van der Waals surface area (Å²) in [4.78, 5) is 20.3. The average Bonchev–Trinajstić information content (AvgIpc) is 3.27. The Bertz CT molecular complexity index is 975. The molecule has 0 bridgehead atoms. The number of rotatable bonds is 7. The number of hydrogen-bond acceptors (Lipinski definition) is 6. The molecule has 11 heteroatoms. The molecule has 3 rings (SSSR count). The van der Waals surface area contributed by atoms with Crippen LogP contribution in [0.15, 0.2) is 58.5 Å². The number of carboxylic acid groups (broad SMARTS) is 1. The zero-order valence-electron chi connectivity index (χ0n) is 18.2. The van der Waals surface area contributed by atoms with E-state index in [1.807, 2.05) is 48.5 Å². The number of benzene rings is 2. The number of amidine groups is 2. The fourth-order valence-electron chi connectivity index (χ4n) is 2.86. The summed E-state index contributed by atoms with van der Waals surface area (Å²) < 4.78 is 42.1. The predicted molar refractivity (Wildman–Crippen MR) is 118 cm³/mol. The molecule has 2 aromatic rings. The summed E-state index contributed by atoms with van der Waals surface area (Å²) in [6, 6.07) is 15.6. The van der Waals surface area contributed by atoms with E-state index in [0.717, 1.165) is 48.1 Å². The van der Waals surface area contributed by atoms with E-state index in [1.54, 1.807) is 14.2 Å². The van der Waals surface area contributed by atoms with Crippen LogP contribution in [0, 0.1) is 0 Å². The number of halogens is 3. The minimum Gasteiger partial charge on any atom is -0.497 e. The van der Waals surface area contributed by atoms with Gasteiger partial charge in [-0.05, 0) is 48.5 Å². The van der Waals surface area contributed by atoms with E-state index in [4.69, 9.17) is 25.1 Å². The molecule has 0 amide bonds. The van der Waals surface area contributed by atoms with Crippen LogP contribution in [0.1, 0.15) is 11.1 Å². The highest BCUT2D eigenvalue weighted by Crippen LogP contribution is 2.16. The maximum atomic E-state index is 10.6. The maximum absolute atomic E-state index is 10.6. The lowest BCUT2D eigenvalue weighted by Gasteiger charge is -2.19. The van der Waals surface area contributed by atoms with Gasteiger partial charge in [-0.3, -0.25) is 9.98 Å². The molecule has 0 aliphatic carbocycles. The van der Waals surface area contributed by atoms with Gasteiger partial charge in [0.05, 0.1) is 27.3 Å². The number of ether oxygens (including phenoxy) is 2. The average molecular weight is 466 g/mol. The molecule has 0 aromatic heterocycles. The Labute approximate surface area is 189 Å². The van der Waals surface area contributed by atoms with Gasteiger partial charge in [0.2, 0.25) is 0 Å². The van der Waals surface area contributed by atoms with Gasteiger partial charge in [0.15, 0.2) is 0 Å². The smallest absolute Gasteiger partial charge is 0.490 e. The Hall–Kier alpha value is -3.76. The van der Waals surface area contributed by atoms with Crippen molar-refractivity contribution in [3.05, 3.63) is 59.7 Å². The Morgan fingerprint density at radius 1 is 1.09 bits per heavy atom. The quantitative estimate of drug-likeness (QED) is 0.480. The molecule has 1 aliphatic heterocycles. The first kappa shape index (κ1) is 25.5. The van der Waals surface area contributed by atoms with Gasteiger partial charge in [0, 0.05) is 24.2 Å². The van der Waals surface area contributed by atoms with Crippen molar-refractivity contribution >= 4 is 17.6 Å². The third-order valence-corrected chi connectivity index (χ3v) is 4.56. The van der Waals surface area contributed by atoms with Gasteiger partial charge < -0.3 is 25.2 Å². The second-order valence-corrected chi connectivity index (χ2v) is 6.72. The molecule has 0 unspecified atom stereocenters.